The number of amides is 1. The van der Waals surface area contributed by atoms with Gasteiger partial charge in [0.15, 0.2) is 0 Å². The molecule has 1 aliphatic rings. The molecule has 2 aromatic heterocycles. The van der Waals surface area contributed by atoms with E-state index in [1.807, 2.05) is 6.92 Å². The molecule has 2 N–H and O–H groups in total. The maximum atomic E-state index is 14.0. The van der Waals surface area contributed by atoms with Crippen molar-refractivity contribution < 1.29 is 14.3 Å². The van der Waals surface area contributed by atoms with Gasteiger partial charge in [0.25, 0.3) is 11.5 Å². The Balaban J connectivity index is 1.80. The molecule has 1 aliphatic heterocycles. The van der Waals surface area contributed by atoms with Gasteiger partial charge in [0.2, 0.25) is 0 Å². The van der Waals surface area contributed by atoms with E-state index < -0.39 is 28.6 Å². The molecule has 0 aliphatic carbocycles. The summed E-state index contributed by atoms with van der Waals surface area (Å²) in [5.74, 6) is -1.93. The van der Waals surface area contributed by atoms with Crippen LogP contribution in [-0.4, -0.2) is 26.8 Å². The molecule has 3 aromatic rings. The first-order chi connectivity index (χ1) is 13.5. The van der Waals surface area contributed by atoms with E-state index in [2.05, 4.69) is 15.5 Å². The number of nitrogens with zero attached hydrogens (tertiary/aromatic N) is 3. The van der Waals surface area contributed by atoms with Crippen LogP contribution in [-0.2, 0) is 6.42 Å². The Kier molecular flexibility index (Phi) is 4.38. The van der Waals surface area contributed by atoms with Crippen LogP contribution in [0, 0.1) is 5.82 Å². The molecule has 0 bridgehead atoms. The van der Waals surface area contributed by atoms with Gasteiger partial charge in [-0.3, -0.25) is 14.6 Å². The van der Waals surface area contributed by atoms with E-state index in [-0.39, 0.29) is 11.4 Å². The highest BCUT2D eigenvalue weighted by molar-refractivity contribution is 6.03. The van der Waals surface area contributed by atoms with Crippen molar-refractivity contribution in [2.75, 3.05) is 0 Å². The number of benzene rings is 1. The lowest BCUT2D eigenvalue weighted by molar-refractivity contribution is 0.0950. The quantitative estimate of drug-likeness (QED) is 0.539. The fourth-order valence-electron chi connectivity index (χ4n) is 3.56. The van der Waals surface area contributed by atoms with Crippen molar-refractivity contribution in [3.05, 3.63) is 69.5 Å². The average Bonchev–Trinajstić information content (AvgIpc) is 2.67. The molecule has 1 atom stereocenters. The number of rotatable bonds is 3. The van der Waals surface area contributed by atoms with Gasteiger partial charge in [0.1, 0.15) is 17.1 Å². The summed E-state index contributed by atoms with van der Waals surface area (Å²) in [6.07, 6.45) is 5.76. The Bertz CT molecular complexity index is 1170. The maximum Gasteiger partial charge on any atom is 0.280 e. The topological polar surface area (TPSA) is 96.6 Å². The molecule has 0 spiro atoms. The van der Waals surface area contributed by atoms with Crippen LogP contribution in [0.2, 0.25) is 0 Å². The SMILES string of the molecule is CC1CCc2cc(F)cc3c(O)c(C(=O)N/N=C/c4ccncc4)c(=O)n1c23. The number of carbonyl (C=O) groups excluding carboxylic acids is 1. The van der Waals surface area contributed by atoms with Crippen LogP contribution in [0.25, 0.3) is 10.9 Å². The molecule has 0 fully saturated rings. The van der Waals surface area contributed by atoms with Crippen molar-refractivity contribution in [2.24, 2.45) is 5.10 Å². The summed E-state index contributed by atoms with van der Waals surface area (Å²) in [6, 6.07) is 5.70. The van der Waals surface area contributed by atoms with E-state index in [4.69, 9.17) is 0 Å². The number of hydrogen-bond acceptors (Lipinski definition) is 5. The molecule has 142 valence electrons. The summed E-state index contributed by atoms with van der Waals surface area (Å²) in [5.41, 5.74) is 2.99. The lowest BCUT2D eigenvalue weighted by Crippen LogP contribution is -2.34. The van der Waals surface area contributed by atoms with E-state index in [0.717, 1.165) is 6.07 Å². The lowest BCUT2D eigenvalue weighted by atomic mass is 9.95. The number of aryl methyl sites for hydroxylation is 1. The summed E-state index contributed by atoms with van der Waals surface area (Å²) in [4.78, 5) is 29.4. The smallest absolute Gasteiger partial charge is 0.280 e. The highest BCUT2D eigenvalue weighted by Gasteiger charge is 2.28. The number of aromatic hydroxyl groups is 1. The number of pyridine rings is 2. The molecule has 0 radical (unpaired) electrons. The predicted octanol–water partition coefficient (Wildman–Crippen LogP) is 2.51. The molecule has 0 saturated heterocycles. The lowest BCUT2D eigenvalue weighted by Gasteiger charge is -2.26. The second kappa shape index (κ2) is 6.88. The third-order valence-electron chi connectivity index (χ3n) is 4.90. The normalized spacial score (nSPS) is 15.9. The van der Waals surface area contributed by atoms with Crippen LogP contribution in [0.5, 0.6) is 5.75 Å². The van der Waals surface area contributed by atoms with Crippen LogP contribution in [0.4, 0.5) is 4.39 Å². The zero-order valence-electron chi connectivity index (χ0n) is 15.0. The summed E-state index contributed by atoms with van der Waals surface area (Å²) >= 11 is 0. The van der Waals surface area contributed by atoms with E-state index in [1.165, 1.54) is 16.8 Å². The van der Waals surface area contributed by atoms with Crippen molar-refractivity contribution in [2.45, 2.75) is 25.8 Å². The first kappa shape index (κ1) is 17.8. The Morgan fingerprint density at radius 1 is 1.39 bits per heavy atom. The average molecular weight is 380 g/mol. The van der Waals surface area contributed by atoms with Crippen molar-refractivity contribution in [3.63, 3.8) is 0 Å². The van der Waals surface area contributed by atoms with Crippen molar-refractivity contribution in [1.82, 2.24) is 15.0 Å². The largest absolute Gasteiger partial charge is 0.506 e. The molecule has 1 unspecified atom stereocenters. The van der Waals surface area contributed by atoms with E-state index in [9.17, 15) is 19.1 Å². The van der Waals surface area contributed by atoms with Crippen LogP contribution < -0.4 is 11.0 Å². The van der Waals surface area contributed by atoms with Crippen LogP contribution in [0.1, 0.15) is 40.9 Å². The number of hydrogen-bond donors (Lipinski definition) is 2. The summed E-state index contributed by atoms with van der Waals surface area (Å²) in [7, 11) is 0. The van der Waals surface area contributed by atoms with Gasteiger partial charge < -0.3 is 9.67 Å². The van der Waals surface area contributed by atoms with E-state index in [1.54, 1.807) is 24.5 Å². The van der Waals surface area contributed by atoms with Gasteiger partial charge in [0.05, 0.1) is 11.7 Å². The third-order valence-corrected chi connectivity index (χ3v) is 4.90. The van der Waals surface area contributed by atoms with Gasteiger partial charge in [-0.1, -0.05) is 0 Å². The molecule has 1 amide bonds. The van der Waals surface area contributed by atoms with Crippen molar-refractivity contribution >= 4 is 23.0 Å². The molecule has 7 nitrogen and oxygen atoms in total. The number of aromatic nitrogens is 2. The molecule has 1 aromatic carbocycles. The zero-order valence-corrected chi connectivity index (χ0v) is 15.0. The fraction of sp³-hybridized carbons (Fsp3) is 0.200. The van der Waals surface area contributed by atoms with Gasteiger partial charge >= 0.3 is 0 Å². The van der Waals surface area contributed by atoms with Crippen LogP contribution >= 0.6 is 0 Å². The van der Waals surface area contributed by atoms with Crippen molar-refractivity contribution in [3.8, 4) is 5.75 Å². The van der Waals surface area contributed by atoms with E-state index in [0.29, 0.717) is 29.5 Å². The monoisotopic (exact) mass is 380 g/mol. The molecule has 28 heavy (non-hydrogen) atoms. The minimum atomic E-state index is -0.859. The molecule has 0 saturated carbocycles. The fourth-order valence-corrected chi connectivity index (χ4v) is 3.56. The first-order valence-corrected chi connectivity index (χ1v) is 8.80. The molecule has 4 rings (SSSR count). The van der Waals surface area contributed by atoms with Gasteiger partial charge in [-0.05, 0) is 55.2 Å². The van der Waals surface area contributed by atoms with Crippen LogP contribution in [0.15, 0.2) is 46.6 Å². The summed E-state index contributed by atoms with van der Waals surface area (Å²) in [5, 5.41) is 14.6. The Morgan fingerprint density at radius 2 is 2.14 bits per heavy atom. The number of nitrogens with one attached hydrogen (secondary N) is 1. The van der Waals surface area contributed by atoms with Crippen LogP contribution in [0.3, 0.4) is 0 Å². The second-order valence-electron chi connectivity index (χ2n) is 6.73. The zero-order chi connectivity index (χ0) is 19.8. The maximum absolute atomic E-state index is 14.0. The predicted molar refractivity (Wildman–Crippen MR) is 102 cm³/mol. The van der Waals surface area contributed by atoms with Gasteiger partial charge in [-0.25, -0.2) is 9.82 Å². The van der Waals surface area contributed by atoms with Crippen molar-refractivity contribution in [1.29, 1.82) is 0 Å². The van der Waals surface area contributed by atoms with Gasteiger partial charge in [0, 0.05) is 23.8 Å². The van der Waals surface area contributed by atoms with Gasteiger partial charge in [-0.2, -0.15) is 5.10 Å². The Labute approximate surface area is 159 Å². The Hall–Kier alpha value is -3.55. The summed E-state index contributed by atoms with van der Waals surface area (Å²) in [6.45, 7) is 1.85. The third kappa shape index (κ3) is 2.92. The number of halogens is 1. The highest BCUT2D eigenvalue weighted by Crippen LogP contribution is 2.35. The molecule has 3 heterocycles. The summed E-state index contributed by atoms with van der Waals surface area (Å²) < 4.78 is 15.5. The minimum absolute atomic E-state index is 0.143. The second-order valence-corrected chi connectivity index (χ2v) is 6.73. The molecular formula is C20H17FN4O3. The minimum Gasteiger partial charge on any atom is -0.506 e. The first-order valence-electron chi connectivity index (χ1n) is 8.80. The number of carbonyl (C=O) groups is 1. The van der Waals surface area contributed by atoms with E-state index >= 15 is 0 Å². The standard InChI is InChI=1S/C20H17FN4O3/c1-11-2-3-13-8-14(21)9-15-17(13)25(11)20(28)16(18(15)26)19(27)24-23-10-12-4-6-22-7-5-12/h4-11,26H,2-3H2,1H3,(H,24,27)/b23-10+. The number of hydrazone groups is 1. The highest BCUT2D eigenvalue weighted by atomic mass is 19.1. The molecule has 8 heteroatoms. The Morgan fingerprint density at radius 3 is 2.89 bits per heavy atom. The molecular weight excluding hydrogens is 363 g/mol. The van der Waals surface area contributed by atoms with Gasteiger partial charge in [-0.15, -0.1) is 0 Å².